The topological polar surface area (TPSA) is 58.2 Å². The SMILES string of the molecule is CNC1CCc2cccc(S(=O)(=O)NC)c2C1. The van der Waals surface area contributed by atoms with Gasteiger partial charge in [0.2, 0.25) is 10.0 Å². The number of aryl methyl sites for hydroxylation is 1. The molecule has 0 spiro atoms. The molecule has 0 saturated heterocycles. The molecule has 1 aliphatic rings. The van der Waals surface area contributed by atoms with Crippen LogP contribution in [-0.2, 0) is 22.9 Å². The van der Waals surface area contributed by atoms with Gasteiger partial charge in [-0.05, 0) is 50.6 Å². The highest BCUT2D eigenvalue weighted by atomic mass is 32.2. The van der Waals surface area contributed by atoms with Crippen LogP contribution >= 0.6 is 0 Å². The van der Waals surface area contributed by atoms with E-state index in [4.69, 9.17) is 0 Å². The van der Waals surface area contributed by atoms with Gasteiger partial charge in [-0.1, -0.05) is 12.1 Å². The second kappa shape index (κ2) is 4.76. The molecular formula is C12H18N2O2S. The molecule has 0 radical (unpaired) electrons. The fourth-order valence-electron chi connectivity index (χ4n) is 2.36. The molecule has 1 unspecified atom stereocenters. The Balaban J connectivity index is 2.50. The molecule has 1 aromatic carbocycles. The molecule has 0 heterocycles. The van der Waals surface area contributed by atoms with Crippen molar-refractivity contribution in [1.82, 2.24) is 10.0 Å². The Kier molecular flexibility index (Phi) is 3.51. The van der Waals surface area contributed by atoms with Gasteiger partial charge in [-0.3, -0.25) is 0 Å². The average molecular weight is 254 g/mol. The molecule has 94 valence electrons. The fraction of sp³-hybridized carbons (Fsp3) is 0.500. The number of likely N-dealkylation sites (N-methyl/N-ethyl adjacent to an activating group) is 1. The molecule has 1 aromatic rings. The van der Waals surface area contributed by atoms with Crippen molar-refractivity contribution < 1.29 is 8.42 Å². The first-order valence-electron chi connectivity index (χ1n) is 5.80. The minimum absolute atomic E-state index is 0.371. The van der Waals surface area contributed by atoms with E-state index in [9.17, 15) is 8.42 Å². The highest BCUT2D eigenvalue weighted by Gasteiger charge is 2.24. The van der Waals surface area contributed by atoms with E-state index in [1.54, 1.807) is 6.07 Å². The predicted molar refractivity (Wildman–Crippen MR) is 67.6 cm³/mol. The molecule has 0 saturated carbocycles. The summed E-state index contributed by atoms with van der Waals surface area (Å²) in [5.74, 6) is 0. The first-order valence-corrected chi connectivity index (χ1v) is 7.28. The van der Waals surface area contributed by atoms with Crippen LogP contribution in [0.4, 0.5) is 0 Å². The zero-order valence-corrected chi connectivity index (χ0v) is 11.0. The standard InChI is InChI=1S/C12H18N2O2S/c1-13-10-7-6-9-4-3-5-12(11(9)8-10)17(15,16)14-2/h3-5,10,13-14H,6-8H2,1-2H3. The summed E-state index contributed by atoms with van der Waals surface area (Å²) >= 11 is 0. The summed E-state index contributed by atoms with van der Waals surface area (Å²) in [5, 5.41) is 3.23. The van der Waals surface area contributed by atoms with Crippen molar-refractivity contribution in [3.8, 4) is 0 Å². The van der Waals surface area contributed by atoms with Crippen LogP contribution in [0.25, 0.3) is 0 Å². The van der Waals surface area contributed by atoms with Gasteiger partial charge in [-0.2, -0.15) is 0 Å². The quantitative estimate of drug-likeness (QED) is 0.833. The third-order valence-electron chi connectivity index (χ3n) is 3.41. The van der Waals surface area contributed by atoms with Crippen LogP contribution in [0.2, 0.25) is 0 Å². The Bertz CT molecular complexity index is 511. The first-order chi connectivity index (χ1) is 8.08. The van der Waals surface area contributed by atoms with Gasteiger partial charge in [-0.15, -0.1) is 0 Å². The summed E-state index contributed by atoms with van der Waals surface area (Å²) in [7, 11) is 0.0239. The Labute approximate surface area is 102 Å². The largest absolute Gasteiger partial charge is 0.317 e. The molecule has 0 amide bonds. The molecule has 0 aliphatic heterocycles. The van der Waals surface area contributed by atoms with Gasteiger partial charge >= 0.3 is 0 Å². The Morgan fingerprint density at radius 3 is 2.71 bits per heavy atom. The smallest absolute Gasteiger partial charge is 0.240 e. The van der Waals surface area contributed by atoms with Crippen molar-refractivity contribution in [2.45, 2.75) is 30.2 Å². The summed E-state index contributed by atoms with van der Waals surface area (Å²) in [4.78, 5) is 0.428. The summed E-state index contributed by atoms with van der Waals surface area (Å²) in [6, 6.07) is 5.90. The monoisotopic (exact) mass is 254 g/mol. The minimum Gasteiger partial charge on any atom is -0.317 e. The third kappa shape index (κ3) is 2.36. The maximum absolute atomic E-state index is 11.9. The zero-order valence-electron chi connectivity index (χ0n) is 10.2. The zero-order chi connectivity index (χ0) is 12.5. The molecular weight excluding hydrogens is 236 g/mol. The van der Waals surface area contributed by atoms with E-state index in [1.807, 2.05) is 19.2 Å². The minimum atomic E-state index is -3.35. The lowest BCUT2D eigenvalue weighted by Crippen LogP contribution is -2.33. The van der Waals surface area contributed by atoms with Crippen LogP contribution < -0.4 is 10.0 Å². The second-order valence-corrected chi connectivity index (χ2v) is 6.18. The van der Waals surface area contributed by atoms with Crippen LogP contribution in [0.3, 0.4) is 0 Å². The predicted octanol–water partition coefficient (Wildman–Crippen LogP) is 0.671. The highest BCUT2D eigenvalue weighted by Crippen LogP contribution is 2.27. The van der Waals surface area contributed by atoms with E-state index in [0.29, 0.717) is 10.9 Å². The van der Waals surface area contributed by atoms with Gasteiger partial charge in [0.1, 0.15) is 0 Å². The molecule has 2 N–H and O–H groups in total. The van der Waals surface area contributed by atoms with Crippen molar-refractivity contribution in [3.63, 3.8) is 0 Å². The first kappa shape index (κ1) is 12.5. The van der Waals surface area contributed by atoms with Crippen molar-refractivity contribution in [3.05, 3.63) is 29.3 Å². The van der Waals surface area contributed by atoms with Crippen LogP contribution in [0.5, 0.6) is 0 Å². The lowest BCUT2D eigenvalue weighted by molar-refractivity contribution is 0.490. The number of sulfonamides is 1. The van der Waals surface area contributed by atoms with Crippen molar-refractivity contribution in [2.24, 2.45) is 0 Å². The van der Waals surface area contributed by atoms with Crippen LogP contribution in [-0.4, -0.2) is 28.6 Å². The molecule has 0 aromatic heterocycles. The molecule has 0 bridgehead atoms. The summed E-state index contributed by atoms with van der Waals surface area (Å²) < 4.78 is 26.3. The Morgan fingerprint density at radius 1 is 1.29 bits per heavy atom. The number of nitrogens with one attached hydrogen (secondary N) is 2. The maximum Gasteiger partial charge on any atom is 0.240 e. The molecule has 0 fully saturated rings. The third-order valence-corrected chi connectivity index (χ3v) is 4.91. The lowest BCUT2D eigenvalue weighted by atomic mass is 9.88. The van der Waals surface area contributed by atoms with Gasteiger partial charge < -0.3 is 5.32 Å². The lowest BCUT2D eigenvalue weighted by Gasteiger charge is -2.26. The normalized spacial score (nSPS) is 20.0. The molecule has 1 atom stereocenters. The van der Waals surface area contributed by atoms with E-state index in [-0.39, 0.29) is 0 Å². The van der Waals surface area contributed by atoms with Gasteiger partial charge in [0.05, 0.1) is 4.90 Å². The number of benzene rings is 1. The summed E-state index contributed by atoms with van der Waals surface area (Å²) in [6.45, 7) is 0. The molecule has 5 heteroatoms. The van der Waals surface area contributed by atoms with Crippen LogP contribution in [0.15, 0.2) is 23.1 Å². The second-order valence-electron chi connectivity index (χ2n) is 4.33. The average Bonchev–Trinajstić information content (AvgIpc) is 2.37. The van der Waals surface area contributed by atoms with Crippen LogP contribution in [0.1, 0.15) is 17.5 Å². The number of hydrogen-bond acceptors (Lipinski definition) is 3. The highest BCUT2D eigenvalue weighted by molar-refractivity contribution is 7.89. The molecule has 4 nitrogen and oxygen atoms in total. The summed E-state index contributed by atoms with van der Waals surface area (Å²) in [6.07, 6.45) is 2.78. The van der Waals surface area contributed by atoms with Gasteiger partial charge in [0, 0.05) is 6.04 Å². The van der Waals surface area contributed by atoms with E-state index < -0.39 is 10.0 Å². The number of fused-ring (bicyclic) bond motifs is 1. The summed E-state index contributed by atoms with van der Waals surface area (Å²) in [5.41, 5.74) is 2.13. The van der Waals surface area contributed by atoms with Crippen molar-refractivity contribution in [1.29, 1.82) is 0 Å². The number of rotatable bonds is 3. The molecule has 2 rings (SSSR count). The van der Waals surface area contributed by atoms with Crippen LogP contribution in [0, 0.1) is 0 Å². The van der Waals surface area contributed by atoms with E-state index in [1.165, 1.54) is 7.05 Å². The Hall–Kier alpha value is -0.910. The maximum atomic E-state index is 11.9. The number of hydrogen-bond donors (Lipinski definition) is 2. The van der Waals surface area contributed by atoms with Gasteiger partial charge in [-0.25, -0.2) is 13.1 Å². The van der Waals surface area contributed by atoms with Gasteiger partial charge in [0.25, 0.3) is 0 Å². The van der Waals surface area contributed by atoms with E-state index >= 15 is 0 Å². The molecule has 17 heavy (non-hydrogen) atoms. The van der Waals surface area contributed by atoms with E-state index in [0.717, 1.165) is 30.4 Å². The molecule has 1 aliphatic carbocycles. The van der Waals surface area contributed by atoms with Crippen molar-refractivity contribution >= 4 is 10.0 Å². The van der Waals surface area contributed by atoms with Crippen molar-refractivity contribution in [2.75, 3.05) is 14.1 Å². The Morgan fingerprint density at radius 2 is 2.06 bits per heavy atom. The van der Waals surface area contributed by atoms with E-state index in [2.05, 4.69) is 10.0 Å². The fourth-order valence-corrected chi connectivity index (χ4v) is 3.38. The van der Waals surface area contributed by atoms with Gasteiger partial charge in [0.15, 0.2) is 0 Å².